The van der Waals surface area contributed by atoms with Gasteiger partial charge in [0.05, 0.1) is 11.6 Å². The first-order valence-corrected chi connectivity index (χ1v) is 7.80. The molecule has 0 spiro atoms. The SMILES string of the molecule is CC(C)C1CCSC(=NCc2ccc(F)c(Cl)c2)N1. The average molecular weight is 301 g/mol. The molecule has 1 aromatic rings. The number of nitrogens with one attached hydrogen (secondary N) is 1. The van der Waals surface area contributed by atoms with Crippen LogP contribution in [0.1, 0.15) is 25.8 Å². The van der Waals surface area contributed by atoms with Gasteiger partial charge in [-0.15, -0.1) is 0 Å². The highest BCUT2D eigenvalue weighted by atomic mass is 35.5. The zero-order valence-corrected chi connectivity index (χ0v) is 12.7. The van der Waals surface area contributed by atoms with Gasteiger partial charge in [-0.05, 0) is 30.0 Å². The lowest BCUT2D eigenvalue weighted by molar-refractivity contribution is 0.442. The highest BCUT2D eigenvalue weighted by molar-refractivity contribution is 8.13. The van der Waals surface area contributed by atoms with E-state index < -0.39 is 0 Å². The lowest BCUT2D eigenvalue weighted by Gasteiger charge is -2.28. The van der Waals surface area contributed by atoms with E-state index >= 15 is 0 Å². The molecular weight excluding hydrogens is 283 g/mol. The molecule has 1 N–H and O–H groups in total. The first-order valence-electron chi connectivity index (χ1n) is 6.44. The van der Waals surface area contributed by atoms with Crippen LogP contribution in [-0.4, -0.2) is 17.0 Å². The van der Waals surface area contributed by atoms with Gasteiger partial charge in [-0.25, -0.2) is 4.39 Å². The molecule has 1 atom stereocenters. The van der Waals surface area contributed by atoms with E-state index in [1.54, 1.807) is 23.9 Å². The van der Waals surface area contributed by atoms with Crippen molar-refractivity contribution in [2.24, 2.45) is 10.9 Å². The third kappa shape index (κ3) is 4.11. The third-order valence-electron chi connectivity index (χ3n) is 3.17. The van der Waals surface area contributed by atoms with E-state index in [9.17, 15) is 4.39 Å². The third-order valence-corrected chi connectivity index (χ3v) is 4.42. The highest BCUT2D eigenvalue weighted by Crippen LogP contribution is 2.20. The fourth-order valence-corrected chi connectivity index (χ4v) is 3.11. The maximum atomic E-state index is 13.0. The van der Waals surface area contributed by atoms with E-state index in [1.165, 1.54) is 12.5 Å². The Kier molecular flexibility index (Phi) is 5.11. The summed E-state index contributed by atoms with van der Waals surface area (Å²) < 4.78 is 13.0. The Hall–Kier alpha value is -0.740. The van der Waals surface area contributed by atoms with Crippen LogP contribution in [0.15, 0.2) is 23.2 Å². The van der Waals surface area contributed by atoms with E-state index in [0.29, 0.717) is 18.5 Å². The lowest BCUT2D eigenvalue weighted by Crippen LogP contribution is -2.41. The van der Waals surface area contributed by atoms with Crippen LogP contribution in [0.2, 0.25) is 5.02 Å². The molecule has 2 nitrogen and oxygen atoms in total. The van der Waals surface area contributed by atoms with Crippen molar-refractivity contribution in [2.75, 3.05) is 5.75 Å². The Morgan fingerprint density at radius 2 is 2.32 bits per heavy atom. The summed E-state index contributed by atoms with van der Waals surface area (Å²) in [5, 5.41) is 4.59. The summed E-state index contributed by atoms with van der Waals surface area (Å²) in [4.78, 5) is 4.54. The normalized spacial score (nSPS) is 21.7. The van der Waals surface area contributed by atoms with Crippen molar-refractivity contribution in [2.45, 2.75) is 32.9 Å². The molecule has 1 aliphatic rings. The molecule has 1 fully saturated rings. The lowest BCUT2D eigenvalue weighted by atomic mass is 10.0. The monoisotopic (exact) mass is 300 g/mol. The number of rotatable bonds is 3. The first-order chi connectivity index (χ1) is 9.06. The van der Waals surface area contributed by atoms with Crippen LogP contribution in [0.5, 0.6) is 0 Å². The molecule has 1 saturated heterocycles. The predicted octanol–water partition coefficient (Wildman–Crippen LogP) is 4.09. The zero-order chi connectivity index (χ0) is 13.8. The average Bonchev–Trinajstić information content (AvgIpc) is 2.40. The Bertz CT molecular complexity index is 477. The molecule has 0 bridgehead atoms. The van der Waals surface area contributed by atoms with Gasteiger partial charge >= 0.3 is 0 Å². The van der Waals surface area contributed by atoms with Gasteiger partial charge in [-0.1, -0.05) is 43.3 Å². The number of thioether (sulfide) groups is 1. The van der Waals surface area contributed by atoms with Gasteiger partial charge in [0.2, 0.25) is 0 Å². The molecule has 0 aromatic heterocycles. The first kappa shape index (κ1) is 14.7. The number of amidine groups is 1. The van der Waals surface area contributed by atoms with Crippen LogP contribution in [-0.2, 0) is 6.54 Å². The van der Waals surface area contributed by atoms with Crippen LogP contribution in [0.4, 0.5) is 4.39 Å². The second-order valence-corrected chi connectivity index (χ2v) is 6.49. The summed E-state index contributed by atoms with van der Waals surface area (Å²) in [6, 6.07) is 5.24. The van der Waals surface area contributed by atoms with Crippen LogP contribution >= 0.6 is 23.4 Å². The van der Waals surface area contributed by atoms with Crippen molar-refractivity contribution in [1.82, 2.24) is 5.32 Å². The largest absolute Gasteiger partial charge is 0.362 e. The summed E-state index contributed by atoms with van der Waals surface area (Å²) in [6.45, 7) is 4.95. The quantitative estimate of drug-likeness (QED) is 0.909. The minimum absolute atomic E-state index is 0.155. The van der Waals surface area contributed by atoms with Gasteiger partial charge in [-0.3, -0.25) is 4.99 Å². The molecule has 0 amide bonds. The fraction of sp³-hybridized carbons (Fsp3) is 0.500. The number of halogens is 2. The second-order valence-electron chi connectivity index (χ2n) is 5.00. The predicted molar refractivity (Wildman–Crippen MR) is 81.4 cm³/mol. The Morgan fingerprint density at radius 3 is 3.00 bits per heavy atom. The number of nitrogens with zero attached hydrogens (tertiary/aromatic N) is 1. The standard InChI is InChI=1S/C14H18ClFN2S/c1-9(2)13-5-6-19-14(18-13)17-8-10-3-4-12(16)11(15)7-10/h3-4,7,9,13H,5-6,8H2,1-2H3,(H,17,18). The molecule has 104 valence electrons. The van der Waals surface area contributed by atoms with Crippen molar-refractivity contribution in [3.05, 3.63) is 34.6 Å². The molecule has 1 aromatic carbocycles. The van der Waals surface area contributed by atoms with Crippen LogP contribution in [0.3, 0.4) is 0 Å². The summed E-state index contributed by atoms with van der Waals surface area (Å²) in [6.07, 6.45) is 1.17. The minimum atomic E-state index is -0.386. The van der Waals surface area contributed by atoms with Crippen molar-refractivity contribution in [3.8, 4) is 0 Å². The van der Waals surface area contributed by atoms with Gasteiger partial charge in [0.1, 0.15) is 5.82 Å². The smallest absolute Gasteiger partial charge is 0.157 e. The summed E-state index contributed by atoms with van der Waals surface area (Å²) >= 11 is 7.50. The summed E-state index contributed by atoms with van der Waals surface area (Å²) in [5.74, 6) is 1.31. The van der Waals surface area contributed by atoms with E-state index in [2.05, 4.69) is 24.2 Å². The maximum Gasteiger partial charge on any atom is 0.157 e. The molecule has 2 rings (SSSR count). The van der Waals surface area contributed by atoms with Crippen LogP contribution in [0, 0.1) is 11.7 Å². The molecule has 1 aliphatic heterocycles. The second kappa shape index (κ2) is 6.62. The van der Waals surface area contributed by atoms with Crippen molar-refractivity contribution < 1.29 is 4.39 Å². The highest BCUT2D eigenvalue weighted by Gasteiger charge is 2.19. The fourth-order valence-electron chi connectivity index (χ4n) is 1.95. The van der Waals surface area contributed by atoms with E-state index in [0.717, 1.165) is 16.5 Å². The minimum Gasteiger partial charge on any atom is -0.362 e. The number of aliphatic imine (C=N–C) groups is 1. The zero-order valence-electron chi connectivity index (χ0n) is 11.1. The van der Waals surface area contributed by atoms with Crippen molar-refractivity contribution in [3.63, 3.8) is 0 Å². The Labute approximate surface area is 122 Å². The molecule has 0 radical (unpaired) electrons. The molecule has 0 aliphatic carbocycles. The molecule has 5 heteroatoms. The van der Waals surface area contributed by atoms with Crippen molar-refractivity contribution >= 4 is 28.5 Å². The Balaban J connectivity index is 1.99. The van der Waals surface area contributed by atoms with Gasteiger partial charge in [0.15, 0.2) is 5.17 Å². The van der Waals surface area contributed by atoms with E-state index in [-0.39, 0.29) is 10.8 Å². The van der Waals surface area contributed by atoms with Crippen LogP contribution < -0.4 is 5.32 Å². The number of benzene rings is 1. The molecule has 19 heavy (non-hydrogen) atoms. The van der Waals surface area contributed by atoms with Gasteiger partial charge < -0.3 is 5.32 Å². The van der Waals surface area contributed by atoms with Crippen molar-refractivity contribution in [1.29, 1.82) is 0 Å². The molecule has 1 heterocycles. The molecule has 0 saturated carbocycles. The molecular formula is C14H18ClFN2S. The summed E-state index contributed by atoms with van der Waals surface area (Å²) in [7, 11) is 0. The summed E-state index contributed by atoms with van der Waals surface area (Å²) in [5.41, 5.74) is 0.924. The van der Waals surface area contributed by atoms with Gasteiger partial charge in [0, 0.05) is 11.8 Å². The van der Waals surface area contributed by atoms with E-state index in [4.69, 9.17) is 11.6 Å². The topological polar surface area (TPSA) is 24.4 Å². The maximum absolute atomic E-state index is 13.0. The molecule has 1 unspecified atom stereocenters. The number of hydrogen-bond donors (Lipinski definition) is 1. The Morgan fingerprint density at radius 1 is 1.53 bits per heavy atom. The van der Waals surface area contributed by atoms with Gasteiger partial charge in [-0.2, -0.15) is 0 Å². The van der Waals surface area contributed by atoms with E-state index in [1.807, 2.05) is 0 Å². The number of hydrogen-bond acceptors (Lipinski definition) is 2. The van der Waals surface area contributed by atoms with Crippen LogP contribution in [0.25, 0.3) is 0 Å². The van der Waals surface area contributed by atoms with Gasteiger partial charge in [0.25, 0.3) is 0 Å².